The van der Waals surface area contributed by atoms with Gasteiger partial charge in [0, 0.05) is 6.42 Å². The van der Waals surface area contributed by atoms with Crippen LogP contribution in [0.5, 0.6) is 0 Å². The van der Waals surface area contributed by atoms with E-state index >= 15 is 0 Å². The van der Waals surface area contributed by atoms with Gasteiger partial charge in [0.15, 0.2) is 0 Å². The summed E-state index contributed by atoms with van der Waals surface area (Å²) in [7, 11) is -3.80. The Morgan fingerprint density at radius 1 is 1.23 bits per heavy atom. The van der Waals surface area contributed by atoms with Crippen molar-refractivity contribution in [2.75, 3.05) is 5.75 Å². The van der Waals surface area contributed by atoms with Crippen LogP contribution >= 0.6 is 11.3 Å². The van der Waals surface area contributed by atoms with Crippen LogP contribution in [0.1, 0.15) is 12.8 Å². The summed E-state index contributed by atoms with van der Waals surface area (Å²) in [6, 6.07) is 6.96. The third kappa shape index (κ3) is 4.23. The summed E-state index contributed by atoms with van der Waals surface area (Å²) >= 11 is 1.01. The number of carbonyl (C=O) groups is 1. The molecular formula is C13H15NO6S2. The second-order valence-electron chi connectivity index (χ2n) is 4.87. The van der Waals surface area contributed by atoms with Crippen molar-refractivity contribution in [1.82, 2.24) is 4.98 Å². The van der Waals surface area contributed by atoms with Crippen LogP contribution in [0, 0.1) is 0 Å². The number of hydrogen-bond donors (Lipinski definition) is 3. The molecule has 0 bridgehead atoms. The number of aromatic nitrogens is 1. The third-order valence-corrected chi connectivity index (χ3v) is 6.20. The molecule has 0 radical (unpaired) electrons. The molecule has 7 nitrogen and oxygen atoms in total. The average molecular weight is 345 g/mol. The molecule has 1 aromatic carbocycles. The van der Waals surface area contributed by atoms with Gasteiger partial charge in [-0.15, -0.1) is 11.3 Å². The van der Waals surface area contributed by atoms with Gasteiger partial charge in [-0.3, -0.25) is 4.79 Å². The average Bonchev–Trinajstić information content (AvgIpc) is 2.81. The highest BCUT2D eigenvalue weighted by molar-refractivity contribution is 7.93. The highest BCUT2D eigenvalue weighted by Crippen LogP contribution is 2.26. The number of sulfone groups is 1. The Labute approximate surface area is 130 Å². The van der Waals surface area contributed by atoms with Crippen molar-refractivity contribution < 1.29 is 28.5 Å². The number of fused-ring (bicyclic) bond motifs is 1. The van der Waals surface area contributed by atoms with Crippen molar-refractivity contribution in [2.45, 2.75) is 29.4 Å². The lowest BCUT2D eigenvalue weighted by atomic mass is 10.1. The molecule has 3 N–H and O–H groups in total. The molecule has 0 spiro atoms. The highest BCUT2D eigenvalue weighted by atomic mass is 32.2. The molecule has 0 aliphatic carbocycles. The fraction of sp³-hybridized carbons (Fsp3) is 0.385. The van der Waals surface area contributed by atoms with Crippen LogP contribution in [0.25, 0.3) is 10.2 Å². The number of aliphatic hydroxyl groups is 2. The summed E-state index contributed by atoms with van der Waals surface area (Å²) < 4.78 is 25.0. The fourth-order valence-corrected chi connectivity index (χ4v) is 4.68. The molecule has 0 aliphatic rings. The number of aliphatic carboxylic acids is 1. The van der Waals surface area contributed by atoms with Crippen molar-refractivity contribution in [1.29, 1.82) is 0 Å². The summed E-state index contributed by atoms with van der Waals surface area (Å²) in [5.74, 6) is -1.82. The normalized spacial score (nSPS) is 14.8. The minimum Gasteiger partial charge on any atom is -0.481 e. The Hall–Kier alpha value is -1.55. The largest absolute Gasteiger partial charge is 0.481 e. The third-order valence-electron chi connectivity index (χ3n) is 2.91. The first kappa shape index (κ1) is 16.8. The SMILES string of the molecule is O=C(O)C[C@H](O)C[C@H](O)CS(=O)(=O)c1nc2ccccc2s1. The number of carboxylic acids is 1. The Kier molecular flexibility index (Phi) is 5.12. The van der Waals surface area contributed by atoms with E-state index in [1.54, 1.807) is 24.3 Å². The first-order valence-electron chi connectivity index (χ1n) is 6.44. The van der Waals surface area contributed by atoms with Crippen LogP contribution < -0.4 is 0 Å². The number of benzene rings is 1. The molecule has 1 aromatic heterocycles. The van der Waals surface area contributed by atoms with Gasteiger partial charge in [0.05, 0.1) is 34.6 Å². The van der Waals surface area contributed by atoms with Gasteiger partial charge in [0.2, 0.25) is 14.2 Å². The quantitative estimate of drug-likeness (QED) is 0.673. The van der Waals surface area contributed by atoms with E-state index in [0.29, 0.717) is 5.52 Å². The van der Waals surface area contributed by atoms with E-state index in [2.05, 4.69) is 4.98 Å². The van der Waals surface area contributed by atoms with E-state index in [4.69, 9.17) is 5.11 Å². The number of hydrogen-bond acceptors (Lipinski definition) is 7. The summed E-state index contributed by atoms with van der Waals surface area (Å²) in [6.07, 6.45) is -3.52. The fourth-order valence-electron chi connectivity index (χ4n) is 1.98. The lowest BCUT2D eigenvalue weighted by Crippen LogP contribution is -2.27. The predicted molar refractivity (Wildman–Crippen MR) is 80.6 cm³/mol. The molecule has 0 amide bonds. The predicted octanol–water partition coefficient (Wildman–Crippen LogP) is 0.657. The molecule has 0 unspecified atom stereocenters. The molecule has 2 atom stereocenters. The van der Waals surface area contributed by atoms with Crippen LogP contribution in [0.4, 0.5) is 0 Å². The second-order valence-corrected chi connectivity index (χ2v) is 8.11. The van der Waals surface area contributed by atoms with Crippen molar-refractivity contribution in [3.8, 4) is 0 Å². The van der Waals surface area contributed by atoms with E-state index in [9.17, 15) is 23.4 Å². The Morgan fingerprint density at radius 2 is 1.91 bits per heavy atom. The molecule has 0 aliphatic heterocycles. The molecule has 22 heavy (non-hydrogen) atoms. The zero-order valence-corrected chi connectivity index (χ0v) is 13.0. The zero-order valence-electron chi connectivity index (χ0n) is 11.4. The van der Waals surface area contributed by atoms with Gasteiger partial charge in [-0.05, 0) is 12.1 Å². The maximum absolute atomic E-state index is 12.2. The lowest BCUT2D eigenvalue weighted by molar-refractivity contribution is -0.139. The molecule has 120 valence electrons. The van der Waals surface area contributed by atoms with Crippen LogP contribution in [0.15, 0.2) is 28.6 Å². The van der Waals surface area contributed by atoms with Gasteiger partial charge in [-0.25, -0.2) is 13.4 Å². The Morgan fingerprint density at radius 3 is 2.55 bits per heavy atom. The topological polar surface area (TPSA) is 125 Å². The maximum atomic E-state index is 12.2. The first-order valence-corrected chi connectivity index (χ1v) is 8.91. The standard InChI is InChI=1S/C13H15NO6S2/c15-8(6-12(17)18)5-9(16)7-22(19,20)13-14-10-3-1-2-4-11(10)21-13/h1-4,8-9,15-16H,5-7H2,(H,17,18)/t8-,9+/m1/s1. The van der Waals surface area contributed by atoms with Gasteiger partial charge >= 0.3 is 5.97 Å². The number of nitrogens with zero attached hydrogens (tertiary/aromatic N) is 1. The number of rotatable bonds is 7. The van der Waals surface area contributed by atoms with Crippen LogP contribution in [-0.2, 0) is 14.6 Å². The van der Waals surface area contributed by atoms with Crippen molar-refractivity contribution in [2.24, 2.45) is 0 Å². The number of thiazole rings is 1. The van der Waals surface area contributed by atoms with Gasteiger partial charge in [0.25, 0.3) is 0 Å². The molecule has 0 fully saturated rings. The molecule has 1 heterocycles. The Bertz CT molecular complexity index is 737. The van der Waals surface area contributed by atoms with Crippen molar-refractivity contribution in [3.05, 3.63) is 24.3 Å². The minimum atomic E-state index is -3.80. The molecule has 2 aromatic rings. The van der Waals surface area contributed by atoms with E-state index in [-0.39, 0.29) is 10.8 Å². The van der Waals surface area contributed by atoms with Crippen LogP contribution in [0.2, 0.25) is 0 Å². The lowest BCUT2D eigenvalue weighted by Gasteiger charge is -2.13. The molecular weight excluding hydrogens is 330 g/mol. The summed E-state index contributed by atoms with van der Waals surface area (Å²) in [4.78, 5) is 14.5. The van der Waals surface area contributed by atoms with Gasteiger partial charge in [-0.2, -0.15) is 0 Å². The smallest absolute Gasteiger partial charge is 0.305 e. The van der Waals surface area contributed by atoms with Gasteiger partial charge in [0.1, 0.15) is 0 Å². The van der Waals surface area contributed by atoms with E-state index in [1.165, 1.54) is 0 Å². The van der Waals surface area contributed by atoms with Crippen molar-refractivity contribution in [3.63, 3.8) is 0 Å². The molecule has 0 saturated carbocycles. The summed E-state index contributed by atoms with van der Waals surface area (Å²) in [5, 5.41) is 27.7. The maximum Gasteiger partial charge on any atom is 0.305 e. The van der Waals surface area contributed by atoms with Gasteiger partial charge < -0.3 is 15.3 Å². The summed E-state index contributed by atoms with van der Waals surface area (Å²) in [6.45, 7) is 0. The monoisotopic (exact) mass is 345 g/mol. The van der Waals surface area contributed by atoms with E-state index in [0.717, 1.165) is 16.0 Å². The minimum absolute atomic E-state index is 0.0968. The highest BCUT2D eigenvalue weighted by Gasteiger charge is 2.25. The second kappa shape index (κ2) is 6.69. The molecule has 0 saturated heterocycles. The molecule has 9 heteroatoms. The number of aliphatic hydroxyl groups excluding tert-OH is 2. The number of carboxylic acid groups (broad SMARTS) is 1. The van der Waals surface area contributed by atoms with Crippen molar-refractivity contribution >= 4 is 37.4 Å². The first-order chi connectivity index (χ1) is 10.3. The zero-order chi connectivity index (χ0) is 16.3. The molecule has 2 rings (SSSR count). The van der Waals surface area contributed by atoms with Gasteiger partial charge in [-0.1, -0.05) is 12.1 Å². The van der Waals surface area contributed by atoms with E-state index < -0.39 is 40.2 Å². The van der Waals surface area contributed by atoms with Crippen LogP contribution in [-0.4, -0.2) is 52.7 Å². The number of para-hydroxylation sites is 1. The Balaban J connectivity index is 2.08. The summed E-state index contributed by atoms with van der Waals surface area (Å²) in [5.41, 5.74) is 0.562. The van der Waals surface area contributed by atoms with Crippen LogP contribution in [0.3, 0.4) is 0 Å². The van der Waals surface area contributed by atoms with E-state index in [1.807, 2.05) is 0 Å².